The van der Waals surface area contributed by atoms with Crippen LogP contribution in [0.2, 0.25) is 0 Å². The number of hydrogen-bond donors (Lipinski definition) is 1. The molecule has 1 heterocycles. The Kier molecular flexibility index (Phi) is 3.55. The van der Waals surface area contributed by atoms with Crippen LogP contribution in [0.3, 0.4) is 0 Å². The van der Waals surface area contributed by atoms with E-state index in [1.54, 1.807) is 18.9 Å². The molecule has 0 radical (unpaired) electrons. The molecule has 0 fully saturated rings. The molecule has 1 unspecified atom stereocenters. The summed E-state index contributed by atoms with van der Waals surface area (Å²) in [4.78, 5) is 17.8. The van der Waals surface area contributed by atoms with Gasteiger partial charge < -0.3 is 15.1 Å². The molecule has 0 aliphatic rings. The second kappa shape index (κ2) is 5.14. The lowest BCUT2D eigenvalue weighted by Gasteiger charge is -2.24. The highest BCUT2D eigenvalue weighted by Gasteiger charge is 2.23. The van der Waals surface area contributed by atoms with Crippen molar-refractivity contribution < 1.29 is 9.21 Å². The summed E-state index contributed by atoms with van der Waals surface area (Å²) in [5.41, 5.74) is 8.01. The zero-order valence-corrected chi connectivity index (χ0v) is 11.3. The Morgan fingerprint density at radius 1 is 1.47 bits per heavy atom. The summed E-state index contributed by atoms with van der Waals surface area (Å²) >= 11 is 0. The standard InChI is InChI=1S/C14H17N3O2/c1-9-13(19-8-16-9)14(18)17(3)10(2)11-5-4-6-12(15)7-11/h4-8,10H,15H2,1-3H3. The van der Waals surface area contributed by atoms with E-state index in [9.17, 15) is 4.79 Å². The van der Waals surface area contributed by atoms with Gasteiger partial charge in [-0.25, -0.2) is 4.98 Å². The lowest BCUT2D eigenvalue weighted by atomic mass is 10.1. The second-order valence-corrected chi connectivity index (χ2v) is 4.53. The third-order valence-electron chi connectivity index (χ3n) is 3.23. The van der Waals surface area contributed by atoms with Gasteiger partial charge in [-0.1, -0.05) is 12.1 Å². The number of carbonyl (C=O) groups is 1. The quantitative estimate of drug-likeness (QED) is 0.859. The van der Waals surface area contributed by atoms with Gasteiger partial charge in [-0.05, 0) is 31.5 Å². The molecule has 5 heteroatoms. The highest BCUT2D eigenvalue weighted by molar-refractivity contribution is 5.92. The summed E-state index contributed by atoms with van der Waals surface area (Å²) in [6.45, 7) is 3.69. The molecule has 1 aromatic heterocycles. The first kappa shape index (κ1) is 13.1. The summed E-state index contributed by atoms with van der Waals surface area (Å²) in [5.74, 6) is 0.0863. The van der Waals surface area contributed by atoms with E-state index in [2.05, 4.69) is 4.98 Å². The molecule has 2 N–H and O–H groups in total. The SMILES string of the molecule is Cc1ncoc1C(=O)N(C)C(C)c1cccc(N)c1. The number of aromatic nitrogens is 1. The molecule has 0 aliphatic carbocycles. The third-order valence-corrected chi connectivity index (χ3v) is 3.23. The number of nitrogens with two attached hydrogens (primary N) is 1. The highest BCUT2D eigenvalue weighted by Crippen LogP contribution is 2.22. The number of amides is 1. The Labute approximate surface area is 112 Å². The molecule has 0 aliphatic heterocycles. The van der Waals surface area contributed by atoms with Gasteiger partial charge in [-0.15, -0.1) is 0 Å². The van der Waals surface area contributed by atoms with Crippen molar-refractivity contribution in [2.24, 2.45) is 0 Å². The lowest BCUT2D eigenvalue weighted by Crippen LogP contribution is -2.29. The second-order valence-electron chi connectivity index (χ2n) is 4.53. The van der Waals surface area contributed by atoms with Crippen LogP contribution >= 0.6 is 0 Å². The van der Waals surface area contributed by atoms with Gasteiger partial charge in [-0.3, -0.25) is 4.79 Å². The fraction of sp³-hybridized carbons (Fsp3) is 0.286. The van der Waals surface area contributed by atoms with Crippen molar-refractivity contribution in [3.05, 3.63) is 47.7 Å². The predicted octanol–water partition coefficient (Wildman–Crippen LogP) is 2.40. The van der Waals surface area contributed by atoms with Crippen molar-refractivity contribution in [3.8, 4) is 0 Å². The molecule has 0 spiro atoms. The van der Waals surface area contributed by atoms with Gasteiger partial charge in [0.2, 0.25) is 5.76 Å². The van der Waals surface area contributed by atoms with Crippen molar-refractivity contribution in [1.29, 1.82) is 0 Å². The Balaban J connectivity index is 2.22. The number of oxazole rings is 1. The zero-order chi connectivity index (χ0) is 14.0. The fourth-order valence-corrected chi connectivity index (χ4v) is 1.89. The Bertz CT molecular complexity index is 592. The maximum atomic E-state index is 12.3. The maximum absolute atomic E-state index is 12.3. The van der Waals surface area contributed by atoms with Gasteiger partial charge in [0.05, 0.1) is 11.7 Å². The van der Waals surface area contributed by atoms with Crippen LogP contribution in [-0.4, -0.2) is 22.8 Å². The monoisotopic (exact) mass is 259 g/mol. The first-order chi connectivity index (χ1) is 9.00. The topological polar surface area (TPSA) is 72.4 Å². The molecule has 1 atom stereocenters. The van der Waals surface area contributed by atoms with Crippen LogP contribution in [-0.2, 0) is 0 Å². The molecule has 0 saturated carbocycles. The van der Waals surface area contributed by atoms with E-state index < -0.39 is 0 Å². The Morgan fingerprint density at radius 2 is 2.21 bits per heavy atom. The maximum Gasteiger partial charge on any atom is 0.291 e. The van der Waals surface area contributed by atoms with Crippen LogP contribution < -0.4 is 5.73 Å². The number of nitrogens with zero attached hydrogens (tertiary/aromatic N) is 2. The van der Waals surface area contributed by atoms with Crippen LogP contribution in [0.5, 0.6) is 0 Å². The van der Waals surface area contributed by atoms with E-state index in [0.717, 1.165) is 5.56 Å². The number of carbonyl (C=O) groups excluding carboxylic acids is 1. The fourth-order valence-electron chi connectivity index (χ4n) is 1.89. The van der Waals surface area contributed by atoms with E-state index in [4.69, 9.17) is 10.2 Å². The van der Waals surface area contributed by atoms with Crippen molar-refractivity contribution in [1.82, 2.24) is 9.88 Å². The summed E-state index contributed by atoms with van der Waals surface area (Å²) in [6.07, 6.45) is 1.28. The molecule has 2 aromatic rings. The van der Waals surface area contributed by atoms with E-state index in [0.29, 0.717) is 11.4 Å². The molecular formula is C14H17N3O2. The van der Waals surface area contributed by atoms with Crippen LogP contribution in [0, 0.1) is 6.92 Å². The van der Waals surface area contributed by atoms with Crippen molar-refractivity contribution in [2.75, 3.05) is 12.8 Å². The molecule has 5 nitrogen and oxygen atoms in total. The number of anilines is 1. The molecule has 100 valence electrons. The van der Waals surface area contributed by atoms with E-state index in [1.807, 2.05) is 31.2 Å². The van der Waals surface area contributed by atoms with Gasteiger partial charge in [0.1, 0.15) is 0 Å². The largest absolute Gasteiger partial charge is 0.438 e. The number of rotatable bonds is 3. The number of benzene rings is 1. The number of hydrogen-bond acceptors (Lipinski definition) is 4. The molecule has 2 rings (SSSR count). The summed E-state index contributed by atoms with van der Waals surface area (Å²) in [5, 5.41) is 0. The third kappa shape index (κ3) is 2.59. The molecule has 19 heavy (non-hydrogen) atoms. The minimum Gasteiger partial charge on any atom is -0.438 e. The first-order valence-electron chi connectivity index (χ1n) is 6.03. The molecule has 1 aromatic carbocycles. The predicted molar refractivity (Wildman–Crippen MR) is 72.6 cm³/mol. The van der Waals surface area contributed by atoms with Gasteiger partial charge >= 0.3 is 0 Å². The van der Waals surface area contributed by atoms with E-state index in [1.165, 1.54) is 6.39 Å². The summed E-state index contributed by atoms with van der Waals surface area (Å²) in [7, 11) is 1.73. The van der Waals surface area contributed by atoms with Gasteiger partial charge in [0, 0.05) is 12.7 Å². The van der Waals surface area contributed by atoms with Gasteiger partial charge in [-0.2, -0.15) is 0 Å². The number of aryl methyl sites for hydroxylation is 1. The average Bonchev–Trinajstić information content (AvgIpc) is 2.82. The number of nitrogen functional groups attached to an aromatic ring is 1. The summed E-state index contributed by atoms with van der Waals surface area (Å²) in [6, 6.07) is 7.40. The van der Waals surface area contributed by atoms with Crippen molar-refractivity contribution in [2.45, 2.75) is 19.9 Å². The Hall–Kier alpha value is -2.30. The zero-order valence-electron chi connectivity index (χ0n) is 11.3. The van der Waals surface area contributed by atoms with Gasteiger partial charge in [0.25, 0.3) is 5.91 Å². The molecular weight excluding hydrogens is 242 g/mol. The normalized spacial score (nSPS) is 12.2. The van der Waals surface area contributed by atoms with Crippen LogP contribution in [0.15, 0.2) is 35.1 Å². The molecule has 0 bridgehead atoms. The van der Waals surface area contributed by atoms with Crippen LogP contribution in [0.4, 0.5) is 5.69 Å². The van der Waals surface area contributed by atoms with Crippen LogP contribution in [0.25, 0.3) is 0 Å². The minimum atomic E-state index is -0.190. The van der Waals surface area contributed by atoms with Crippen molar-refractivity contribution in [3.63, 3.8) is 0 Å². The Morgan fingerprint density at radius 3 is 2.79 bits per heavy atom. The lowest BCUT2D eigenvalue weighted by molar-refractivity contribution is 0.0709. The molecule has 0 saturated heterocycles. The smallest absolute Gasteiger partial charge is 0.291 e. The first-order valence-corrected chi connectivity index (χ1v) is 6.03. The highest BCUT2D eigenvalue weighted by atomic mass is 16.3. The molecule has 1 amide bonds. The van der Waals surface area contributed by atoms with Crippen LogP contribution in [0.1, 0.15) is 34.8 Å². The van der Waals surface area contributed by atoms with E-state index in [-0.39, 0.29) is 17.7 Å². The average molecular weight is 259 g/mol. The summed E-state index contributed by atoms with van der Waals surface area (Å²) < 4.78 is 5.13. The van der Waals surface area contributed by atoms with Crippen molar-refractivity contribution >= 4 is 11.6 Å². The van der Waals surface area contributed by atoms with Gasteiger partial charge in [0.15, 0.2) is 6.39 Å². The minimum absolute atomic E-state index is 0.0968. The van der Waals surface area contributed by atoms with E-state index >= 15 is 0 Å².